The lowest BCUT2D eigenvalue weighted by molar-refractivity contribution is 0.472. The molecule has 0 fully saturated rings. The fourth-order valence-corrected chi connectivity index (χ4v) is 4.88. The highest BCUT2D eigenvalue weighted by molar-refractivity contribution is 7.92. The summed E-state index contributed by atoms with van der Waals surface area (Å²) in [5.74, 6) is -0.0223. The van der Waals surface area contributed by atoms with E-state index in [1.165, 1.54) is 12.1 Å². The van der Waals surface area contributed by atoms with Gasteiger partial charge in [-0.1, -0.05) is 43.3 Å². The Morgan fingerprint density at radius 3 is 2.59 bits per heavy atom. The van der Waals surface area contributed by atoms with Gasteiger partial charge in [0, 0.05) is 6.54 Å². The van der Waals surface area contributed by atoms with Gasteiger partial charge < -0.3 is 10.4 Å². The Morgan fingerprint density at radius 2 is 1.91 bits per heavy atom. The van der Waals surface area contributed by atoms with Gasteiger partial charge in [0.2, 0.25) is 0 Å². The van der Waals surface area contributed by atoms with Crippen LogP contribution in [0.1, 0.15) is 30.5 Å². The molecule has 22 heavy (non-hydrogen) atoms. The van der Waals surface area contributed by atoms with E-state index in [1.54, 1.807) is 6.07 Å². The molecule has 2 aromatic carbocycles. The van der Waals surface area contributed by atoms with Crippen molar-refractivity contribution in [1.82, 2.24) is 5.32 Å². The molecule has 2 atom stereocenters. The molecule has 0 saturated carbocycles. The largest absolute Gasteiger partial charge is 0.508 e. The minimum absolute atomic E-state index is 0.0223. The molecule has 4 nitrogen and oxygen atoms in total. The first-order valence-corrected chi connectivity index (χ1v) is 8.93. The van der Waals surface area contributed by atoms with Crippen LogP contribution in [-0.4, -0.2) is 25.3 Å². The lowest BCUT2D eigenvalue weighted by atomic mass is 9.98. The molecule has 1 aliphatic rings. The van der Waals surface area contributed by atoms with Crippen molar-refractivity contribution < 1.29 is 13.5 Å². The predicted octanol–water partition coefficient (Wildman–Crippen LogP) is 2.64. The molecule has 0 spiro atoms. The molecule has 3 rings (SSSR count). The van der Waals surface area contributed by atoms with Crippen LogP contribution in [-0.2, 0) is 9.84 Å². The zero-order valence-corrected chi connectivity index (χ0v) is 13.2. The standard InChI is InChI=1S/C17H19NO3S/c1-2-14-11-18-17(12-6-4-3-5-7-12)15-9-8-13(19)10-16(15)22(14,20)21/h3-10,14,17-19H,2,11H2,1H3. The summed E-state index contributed by atoms with van der Waals surface area (Å²) in [6.07, 6.45) is 0.534. The van der Waals surface area contributed by atoms with Crippen LogP contribution < -0.4 is 5.32 Å². The van der Waals surface area contributed by atoms with Crippen LogP contribution in [0.3, 0.4) is 0 Å². The van der Waals surface area contributed by atoms with Crippen molar-refractivity contribution in [3.05, 3.63) is 59.7 Å². The summed E-state index contributed by atoms with van der Waals surface area (Å²) in [4.78, 5) is 0.234. The summed E-state index contributed by atoms with van der Waals surface area (Å²) >= 11 is 0. The third-order valence-electron chi connectivity index (χ3n) is 4.19. The minimum Gasteiger partial charge on any atom is -0.508 e. The Hall–Kier alpha value is -1.85. The molecular weight excluding hydrogens is 298 g/mol. The molecule has 0 bridgehead atoms. The van der Waals surface area contributed by atoms with Gasteiger partial charge in [-0.3, -0.25) is 0 Å². The molecule has 2 N–H and O–H groups in total. The van der Waals surface area contributed by atoms with E-state index >= 15 is 0 Å². The van der Waals surface area contributed by atoms with Gasteiger partial charge in [-0.2, -0.15) is 0 Å². The summed E-state index contributed by atoms with van der Waals surface area (Å²) in [6.45, 7) is 2.27. The zero-order chi connectivity index (χ0) is 15.7. The van der Waals surface area contributed by atoms with Gasteiger partial charge in [0.1, 0.15) is 5.75 Å². The molecule has 116 valence electrons. The highest BCUT2D eigenvalue weighted by Crippen LogP contribution is 2.35. The molecule has 0 aliphatic carbocycles. The second-order valence-electron chi connectivity index (χ2n) is 5.55. The Morgan fingerprint density at radius 1 is 1.18 bits per heavy atom. The van der Waals surface area contributed by atoms with E-state index in [0.29, 0.717) is 18.5 Å². The number of hydrogen-bond donors (Lipinski definition) is 2. The van der Waals surface area contributed by atoms with Crippen LogP contribution >= 0.6 is 0 Å². The average molecular weight is 317 g/mol. The van der Waals surface area contributed by atoms with Crippen molar-refractivity contribution in [1.29, 1.82) is 0 Å². The number of rotatable bonds is 2. The van der Waals surface area contributed by atoms with Gasteiger partial charge in [0.25, 0.3) is 0 Å². The van der Waals surface area contributed by atoms with Crippen LogP contribution in [0.5, 0.6) is 5.75 Å². The fourth-order valence-electron chi connectivity index (χ4n) is 2.96. The number of aromatic hydroxyl groups is 1. The molecule has 0 radical (unpaired) electrons. The minimum atomic E-state index is -3.46. The zero-order valence-electron chi connectivity index (χ0n) is 12.4. The first kappa shape index (κ1) is 15.1. The molecule has 1 heterocycles. The SMILES string of the molecule is CCC1CNC(c2ccccc2)c2ccc(O)cc2S1(=O)=O. The Labute approximate surface area is 130 Å². The van der Waals surface area contributed by atoms with Crippen molar-refractivity contribution >= 4 is 9.84 Å². The third kappa shape index (κ3) is 2.51. The average Bonchev–Trinajstić information content (AvgIpc) is 2.63. The van der Waals surface area contributed by atoms with Gasteiger partial charge >= 0.3 is 0 Å². The van der Waals surface area contributed by atoms with Crippen LogP contribution in [0, 0.1) is 0 Å². The first-order chi connectivity index (χ1) is 10.5. The number of phenols is 1. The maximum atomic E-state index is 12.8. The van der Waals surface area contributed by atoms with E-state index in [0.717, 1.165) is 5.56 Å². The number of fused-ring (bicyclic) bond motifs is 1. The predicted molar refractivity (Wildman–Crippen MR) is 85.7 cm³/mol. The van der Waals surface area contributed by atoms with Crippen molar-refractivity contribution in [3.8, 4) is 5.75 Å². The molecule has 0 aromatic heterocycles. The Balaban J connectivity index is 2.21. The quantitative estimate of drug-likeness (QED) is 0.893. The monoisotopic (exact) mass is 317 g/mol. The lowest BCUT2D eigenvalue weighted by Crippen LogP contribution is -2.31. The number of phenolic OH excluding ortho intramolecular Hbond substituents is 1. The van der Waals surface area contributed by atoms with Crippen LogP contribution in [0.2, 0.25) is 0 Å². The number of sulfone groups is 1. The number of hydrogen-bond acceptors (Lipinski definition) is 4. The summed E-state index contributed by atoms with van der Waals surface area (Å²) in [5, 5.41) is 12.6. The van der Waals surface area contributed by atoms with Gasteiger partial charge in [-0.15, -0.1) is 0 Å². The van der Waals surface area contributed by atoms with Crippen LogP contribution in [0.15, 0.2) is 53.4 Å². The van der Waals surface area contributed by atoms with Crippen molar-refractivity contribution in [2.45, 2.75) is 29.5 Å². The van der Waals surface area contributed by atoms with E-state index < -0.39 is 15.1 Å². The molecule has 0 amide bonds. The highest BCUT2D eigenvalue weighted by Gasteiger charge is 2.35. The van der Waals surface area contributed by atoms with Gasteiger partial charge in [-0.25, -0.2) is 8.42 Å². The Bertz CT molecular complexity index is 772. The Kier molecular flexibility index (Phi) is 3.93. The normalized spacial score (nSPS) is 23.5. The lowest BCUT2D eigenvalue weighted by Gasteiger charge is -2.18. The first-order valence-electron chi connectivity index (χ1n) is 7.39. The molecule has 0 saturated heterocycles. The number of nitrogens with one attached hydrogen (secondary N) is 1. The summed E-state index contributed by atoms with van der Waals surface area (Å²) in [7, 11) is -3.46. The van der Waals surface area contributed by atoms with Crippen molar-refractivity contribution in [3.63, 3.8) is 0 Å². The number of benzene rings is 2. The summed E-state index contributed by atoms with van der Waals surface area (Å²) < 4.78 is 25.7. The van der Waals surface area contributed by atoms with Gasteiger partial charge in [0.05, 0.1) is 16.2 Å². The van der Waals surface area contributed by atoms with Crippen LogP contribution in [0.25, 0.3) is 0 Å². The second kappa shape index (κ2) is 5.74. The molecule has 2 unspecified atom stereocenters. The van der Waals surface area contributed by atoms with E-state index in [9.17, 15) is 13.5 Å². The van der Waals surface area contributed by atoms with Gasteiger partial charge in [-0.05, 0) is 29.7 Å². The fraction of sp³-hybridized carbons (Fsp3) is 0.294. The van der Waals surface area contributed by atoms with Crippen LogP contribution in [0.4, 0.5) is 0 Å². The van der Waals surface area contributed by atoms with Crippen molar-refractivity contribution in [2.24, 2.45) is 0 Å². The van der Waals surface area contributed by atoms with E-state index in [1.807, 2.05) is 37.3 Å². The maximum absolute atomic E-state index is 12.8. The molecule has 1 aliphatic heterocycles. The third-order valence-corrected chi connectivity index (χ3v) is 6.54. The summed E-state index contributed by atoms with van der Waals surface area (Å²) in [5.41, 5.74) is 1.71. The van der Waals surface area contributed by atoms with E-state index in [2.05, 4.69) is 5.32 Å². The molecule has 2 aromatic rings. The second-order valence-corrected chi connectivity index (χ2v) is 7.75. The van der Waals surface area contributed by atoms with Crippen molar-refractivity contribution in [2.75, 3.05) is 6.54 Å². The summed E-state index contributed by atoms with van der Waals surface area (Å²) in [6, 6.07) is 14.2. The molecule has 5 heteroatoms. The smallest absolute Gasteiger partial charge is 0.182 e. The van der Waals surface area contributed by atoms with E-state index in [4.69, 9.17) is 0 Å². The highest BCUT2D eigenvalue weighted by atomic mass is 32.2. The topological polar surface area (TPSA) is 66.4 Å². The maximum Gasteiger partial charge on any atom is 0.182 e. The molecular formula is C17H19NO3S. The van der Waals surface area contributed by atoms with Gasteiger partial charge in [0.15, 0.2) is 9.84 Å². The van der Waals surface area contributed by atoms with E-state index in [-0.39, 0.29) is 16.7 Å².